The van der Waals surface area contributed by atoms with Gasteiger partial charge in [0.05, 0.1) is 42.8 Å². The highest BCUT2D eigenvalue weighted by molar-refractivity contribution is 6.32. The van der Waals surface area contributed by atoms with Crippen molar-refractivity contribution >= 4 is 28.9 Å². The molecule has 0 saturated carbocycles. The Labute approximate surface area is 151 Å². The highest BCUT2D eigenvalue weighted by atomic mass is 35.5. The molecule has 0 spiro atoms. The van der Waals surface area contributed by atoms with Gasteiger partial charge in [-0.2, -0.15) is 0 Å². The summed E-state index contributed by atoms with van der Waals surface area (Å²) in [6.07, 6.45) is 3.12. The van der Waals surface area contributed by atoms with Gasteiger partial charge in [0.2, 0.25) is 0 Å². The monoisotopic (exact) mass is 365 g/mol. The van der Waals surface area contributed by atoms with E-state index in [1.165, 1.54) is 20.4 Å². The number of benzene rings is 1. The number of carbonyl (C=O) groups is 1. The zero-order chi connectivity index (χ0) is 18.2. The fourth-order valence-corrected chi connectivity index (χ4v) is 2.34. The minimum Gasteiger partial charge on any atom is -0.495 e. The molecule has 2 N–H and O–H groups in total. The van der Waals surface area contributed by atoms with E-state index in [-0.39, 0.29) is 5.91 Å². The van der Waals surface area contributed by atoms with E-state index in [0.717, 1.165) is 5.69 Å². The summed E-state index contributed by atoms with van der Waals surface area (Å²) in [6, 6.07) is 4.89. The molecule has 1 amide bonds. The smallest absolute Gasteiger partial charge is 0.257 e. The fraction of sp³-hybridized carbons (Fsp3) is 0.294. The fourth-order valence-electron chi connectivity index (χ4n) is 2.11. The van der Waals surface area contributed by atoms with E-state index in [1.54, 1.807) is 31.5 Å². The summed E-state index contributed by atoms with van der Waals surface area (Å²) in [4.78, 5) is 16.6. The van der Waals surface area contributed by atoms with Crippen LogP contribution in [0.5, 0.6) is 11.5 Å². The van der Waals surface area contributed by atoms with Crippen LogP contribution in [0.3, 0.4) is 0 Å². The number of nitrogens with zero attached hydrogens (tertiary/aromatic N) is 1. The number of halogens is 1. The Kier molecular flexibility index (Phi) is 6.85. The molecule has 0 saturated heterocycles. The quantitative estimate of drug-likeness (QED) is 0.700. The number of methoxy groups -OCH3 is 3. The molecule has 8 heteroatoms. The second kappa shape index (κ2) is 9.10. The number of hydrogen-bond donors (Lipinski definition) is 2. The van der Waals surface area contributed by atoms with Crippen LogP contribution >= 0.6 is 11.6 Å². The maximum Gasteiger partial charge on any atom is 0.257 e. The van der Waals surface area contributed by atoms with Crippen LogP contribution in [0.25, 0.3) is 0 Å². The Hall–Kier alpha value is -2.51. The van der Waals surface area contributed by atoms with E-state index in [0.29, 0.717) is 40.9 Å². The number of nitrogens with one attached hydrogen (secondary N) is 2. The second-order valence-corrected chi connectivity index (χ2v) is 5.43. The molecule has 0 fully saturated rings. The first-order chi connectivity index (χ1) is 12.1. The third kappa shape index (κ3) is 4.98. The minimum atomic E-state index is -0.328. The van der Waals surface area contributed by atoms with Crippen LogP contribution in [0.2, 0.25) is 5.02 Å². The first-order valence-electron chi connectivity index (χ1n) is 7.49. The Morgan fingerprint density at radius 2 is 1.88 bits per heavy atom. The average molecular weight is 366 g/mol. The minimum absolute atomic E-state index is 0.328. The van der Waals surface area contributed by atoms with Crippen molar-refractivity contribution in [3.63, 3.8) is 0 Å². The van der Waals surface area contributed by atoms with E-state index in [2.05, 4.69) is 15.6 Å². The zero-order valence-electron chi connectivity index (χ0n) is 14.3. The van der Waals surface area contributed by atoms with Crippen molar-refractivity contribution in [2.75, 3.05) is 45.1 Å². The molecule has 0 aliphatic heterocycles. The number of amides is 1. The molecule has 134 valence electrons. The topological polar surface area (TPSA) is 81.7 Å². The van der Waals surface area contributed by atoms with Crippen molar-refractivity contribution in [3.8, 4) is 11.5 Å². The molecule has 2 rings (SSSR count). The third-order valence-electron chi connectivity index (χ3n) is 3.36. The highest BCUT2D eigenvalue weighted by Crippen LogP contribution is 2.36. The molecule has 0 aliphatic carbocycles. The van der Waals surface area contributed by atoms with E-state index in [1.807, 2.05) is 0 Å². The van der Waals surface area contributed by atoms with E-state index < -0.39 is 0 Å². The first-order valence-corrected chi connectivity index (χ1v) is 7.87. The van der Waals surface area contributed by atoms with Gasteiger partial charge < -0.3 is 24.8 Å². The van der Waals surface area contributed by atoms with Crippen LogP contribution in [-0.2, 0) is 4.74 Å². The maximum absolute atomic E-state index is 12.5. The molecule has 1 aromatic carbocycles. The van der Waals surface area contributed by atoms with E-state index in [4.69, 9.17) is 25.8 Å². The number of rotatable bonds is 8. The number of pyridine rings is 1. The van der Waals surface area contributed by atoms with Gasteiger partial charge in [-0.15, -0.1) is 0 Å². The predicted molar refractivity (Wildman–Crippen MR) is 97.1 cm³/mol. The molecule has 0 atom stereocenters. The standard InChI is InChI=1S/C17H20ClN3O4/c1-23-5-4-20-12-6-11(9-19-10-12)17(22)21-14-8-15(24-2)13(18)7-16(14)25-3/h6-10,20H,4-5H2,1-3H3,(H,21,22). The Morgan fingerprint density at radius 1 is 1.12 bits per heavy atom. The molecule has 0 unspecified atom stereocenters. The molecule has 1 heterocycles. The van der Waals surface area contributed by atoms with Crippen molar-refractivity contribution in [2.24, 2.45) is 0 Å². The predicted octanol–water partition coefficient (Wildman–Crippen LogP) is 3.06. The SMILES string of the molecule is COCCNc1cncc(C(=O)Nc2cc(OC)c(Cl)cc2OC)c1. The molecule has 0 bridgehead atoms. The largest absolute Gasteiger partial charge is 0.495 e. The van der Waals surface area contributed by atoms with Gasteiger partial charge in [-0.05, 0) is 6.07 Å². The van der Waals surface area contributed by atoms with Crippen molar-refractivity contribution < 1.29 is 19.0 Å². The number of aromatic nitrogens is 1. The van der Waals surface area contributed by atoms with Gasteiger partial charge >= 0.3 is 0 Å². The summed E-state index contributed by atoms with van der Waals surface area (Å²) >= 11 is 6.07. The van der Waals surface area contributed by atoms with Crippen LogP contribution in [0.15, 0.2) is 30.6 Å². The Balaban J connectivity index is 2.18. The van der Waals surface area contributed by atoms with Crippen molar-refractivity contribution in [1.29, 1.82) is 0 Å². The molecular formula is C17H20ClN3O4. The van der Waals surface area contributed by atoms with Crippen LogP contribution in [0.4, 0.5) is 11.4 Å². The lowest BCUT2D eigenvalue weighted by molar-refractivity contribution is 0.102. The molecule has 0 aliphatic rings. The number of carbonyl (C=O) groups excluding carboxylic acids is 1. The van der Waals surface area contributed by atoms with E-state index >= 15 is 0 Å². The van der Waals surface area contributed by atoms with Gasteiger partial charge in [0.15, 0.2) is 0 Å². The van der Waals surface area contributed by atoms with Crippen molar-refractivity contribution in [3.05, 3.63) is 41.2 Å². The molecule has 2 aromatic rings. The Bertz CT molecular complexity index is 740. The van der Waals surface area contributed by atoms with Crippen molar-refractivity contribution in [1.82, 2.24) is 4.98 Å². The number of hydrogen-bond acceptors (Lipinski definition) is 6. The number of ether oxygens (including phenoxy) is 3. The maximum atomic E-state index is 12.5. The molecule has 1 aromatic heterocycles. The number of anilines is 2. The molecule has 7 nitrogen and oxygen atoms in total. The third-order valence-corrected chi connectivity index (χ3v) is 3.65. The first kappa shape index (κ1) is 18.8. The molecular weight excluding hydrogens is 346 g/mol. The average Bonchev–Trinajstić information content (AvgIpc) is 2.63. The van der Waals surface area contributed by atoms with Gasteiger partial charge in [0.1, 0.15) is 11.5 Å². The van der Waals surface area contributed by atoms with Gasteiger partial charge in [-0.1, -0.05) is 11.6 Å². The van der Waals surface area contributed by atoms with Crippen LogP contribution in [-0.4, -0.2) is 45.4 Å². The summed E-state index contributed by atoms with van der Waals surface area (Å²) in [5.74, 6) is 0.540. The van der Waals surface area contributed by atoms with Crippen LogP contribution in [0.1, 0.15) is 10.4 Å². The van der Waals surface area contributed by atoms with E-state index in [9.17, 15) is 4.79 Å². The van der Waals surface area contributed by atoms with Gasteiger partial charge in [0, 0.05) is 38.2 Å². The highest BCUT2D eigenvalue weighted by Gasteiger charge is 2.14. The lowest BCUT2D eigenvalue weighted by Gasteiger charge is -2.13. The van der Waals surface area contributed by atoms with Crippen LogP contribution < -0.4 is 20.1 Å². The molecule has 0 radical (unpaired) electrons. The lowest BCUT2D eigenvalue weighted by Crippen LogP contribution is -2.14. The second-order valence-electron chi connectivity index (χ2n) is 5.02. The Morgan fingerprint density at radius 3 is 2.56 bits per heavy atom. The summed E-state index contributed by atoms with van der Waals surface area (Å²) in [5, 5.41) is 6.29. The van der Waals surface area contributed by atoms with Gasteiger partial charge in [0.25, 0.3) is 5.91 Å². The van der Waals surface area contributed by atoms with Gasteiger partial charge in [-0.3, -0.25) is 9.78 Å². The normalized spacial score (nSPS) is 10.2. The summed E-state index contributed by atoms with van der Waals surface area (Å²) in [7, 11) is 4.62. The van der Waals surface area contributed by atoms with Gasteiger partial charge in [-0.25, -0.2) is 0 Å². The summed E-state index contributed by atoms with van der Waals surface area (Å²) in [6.45, 7) is 1.17. The summed E-state index contributed by atoms with van der Waals surface area (Å²) < 4.78 is 15.4. The molecule has 25 heavy (non-hydrogen) atoms. The zero-order valence-corrected chi connectivity index (χ0v) is 15.0. The lowest BCUT2D eigenvalue weighted by atomic mass is 10.2. The van der Waals surface area contributed by atoms with Crippen LogP contribution in [0, 0.1) is 0 Å². The van der Waals surface area contributed by atoms with Crippen molar-refractivity contribution in [2.45, 2.75) is 0 Å². The summed E-state index contributed by atoms with van der Waals surface area (Å²) in [5.41, 5.74) is 1.58.